The highest BCUT2D eigenvalue weighted by atomic mass is 16.2. The van der Waals surface area contributed by atoms with Crippen LogP contribution >= 0.6 is 0 Å². The van der Waals surface area contributed by atoms with Crippen LogP contribution < -0.4 is 10.6 Å². The predicted molar refractivity (Wildman–Crippen MR) is 115 cm³/mol. The number of rotatable bonds is 9. The molecule has 2 aromatic carbocycles. The highest BCUT2D eigenvalue weighted by Crippen LogP contribution is 2.18. The standard InChI is InChI=1S/C24H31N3O2/c1-19(28)26-23(22-10-6-3-7-11-22)16-24(29)25-17-21-13-15-27(18-21)14-12-20-8-4-2-5-9-20/h2-11,21,23H,12-18H2,1H3,(H,25,29)(H,26,28). The minimum absolute atomic E-state index is 0.0182. The van der Waals surface area contributed by atoms with E-state index in [2.05, 4.69) is 39.8 Å². The Bertz CT molecular complexity index is 779. The largest absolute Gasteiger partial charge is 0.356 e. The summed E-state index contributed by atoms with van der Waals surface area (Å²) in [4.78, 5) is 26.5. The normalized spacial score (nSPS) is 17.6. The van der Waals surface area contributed by atoms with Crippen molar-refractivity contribution in [3.8, 4) is 0 Å². The Hall–Kier alpha value is -2.66. The van der Waals surface area contributed by atoms with Crippen LogP contribution in [0.25, 0.3) is 0 Å². The van der Waals surface area contributed by atoms with E-state index in [9.17, 15) is 9.59 Å². The monoisotopic (exact) mass is 393 g/mol. The van der Waals surface area contributed by atoms with Crippen LogP contribution in [-0.4, -0.2) is 42.9 Å². The summed E-state index contributed by atoms with van der Waals surface area (Å²) in [5.41, 5.74) is 2.32. The quantitative estimate of drug-likeness (QED) is 0.689. The molecule has 2 N–H and O–H groups in total. The Morgan fingerprint density at radius 3 is 2.45 bits per heavy atom. The SMILES string of the molecule is CC(=O)NC(CC(=O)NCC1CCN(CCc2ccccc2)C1)c1ccccc1. The van der Waals surface area contributed by atoms with Crippen LogP contribution in [0.3, 0.4) is 0 Å². The van der Waals surface area contributed by atoms with Gasteiger partial charge in [0.05, 0.1) is 12.5 Å². The van der Waals surface area contributed by atoms with E-state index in [4.69, 9.17) is 0 Å². The summed E-state index contributed by atoms with van der Waals surface area (Å²) in [6, 6.07) is 19.9. The van der Waals surface area contributed by atoms with Gasteiger partial charge in [-0.05, 0) is 36.4 Å². The predicted octanol–water partition coefficient (Wildman–Crippen LogP) is 2.93. The molecule has 1 heterocycles. The Morgan fingerprint density at radius 1 is 1.07 bits per heavy atom. The van der Waals surface area contributed by atoms with E-state index < -0.39 is 0 Å². The summed E-state index contributed by atoms with van der Waals surface area (Å²) in [5, 5.41) is 5.96. The van der Waals surface area contributed by atoms with Crippen molar-refractivity contribution in [3.05, 3.63) is 71.8 Å². The molecule has 1 fully saturated rings. The molecule has 0 saturated carbocycles. The molecule has 2 atom stereocenters. The molecule has 0 bridgehead atoms. The number of nitrogens with one attached hydrogen (secondary N) is 2. The van der Waals surface area contributed by atoms with E-state index in [0.717, 1.165) is 38.0 Å². The van der Waals surface area contributed by atoms with Gasteiger partial charge in [0.1, 0.15) is 0 Å². The molecule has 0 aromatic heterocycles. The summed E-state index contributed by atoms with van der Waals surface area (Å²) in [6.45, 7) is 5.36. The highest BCUT2D eigenvalue weighted by Gasteiger charge is 2.23. The van der Waals surface area contributed by atoms with Gasteiger partial charge in [-0.2, -0.15) is 0 Å². The fourth-order valence-corrected chi connectivity index (χ4v) is 3.91. The molecule has 1 aliphatic rings. The van der Waals surface area contributed by atoms with E-state index in [1.54, 1.807) is 0 Å². The topological polar surface area (TPSA) is 61.4 Å². The van der Waals surface area contributed by atoms with Gasteiger partial charge in [-0.1, -0.05) is 60.7 Å². The van der Waals surface area contributed by atoms with Gasteiger partial charge >= 0.3 is 0 Å². The summed E-state index contributed by atoms with van der Waals surface area (Å²) >= 11 is 0. The lowest BCUT2D eigenvalue weighted by Crippen LogP contribution is -2.35. The number of benzene rings is 2. The van der Waals surface area contributed by atoms with Crippen LogP contribution in [0.15, 0.2) is 60.7 Å². The van der Waals surface area contributed by atoms with Crippen molar-refractivity contribution in [1.29, 1.82) is 0 Å². The van der Waals surface area contributed by atoms with E-state index >= 15 is 0 Å². The number of hydrogen-bond donors (Lipinski definition) is 2. The number of likely N-dealkylation sites (tertiary alicyclic amines) is 1. The molecule has 154 valence electrons. The van der Waals surface area contributed by atoms with Crippen molar-refractivity contribution in [2.24, 2.45) is 5.92 Å². The molecule has 0 aliphatic carbocycles. The first kappa shape index (κ1) is 21.1. The van der Waals surface area contributed by atoms with Crippen molar-refractivity contribution >= 4 is 11.8 Å². The maximum absolute atomic E-state index is 12.5. The van der Waals surface area contributed by atoms with Crippen LogP contribution in [-0.2, 0) is 16.0 Å². The smallest absolute Gasteiger partial charge is 0.222 e. The molecule has 0 radical (unpaired) electrons. The maximum atomic E-state index is 12.5. The fraction of sp³-hybridized carbons (Fsp3) is 0.417. The van der Waals surface area contributed by atoms with E-state index in [1.807, 2.05) is 36.4 Å². The molecule has 5 nitrogen and oxygen atoms in total. The fourth-order valence-electron chi connectivity index (χ4n) is 3.91. The van der Waals surface area contributed by atoms with Gasteiger partial charge < -0.3 is 15.5 Å². The van der Waals surface area contributed by atoms with Crippen LogP contribution in [0.2, 0.25) is 0 Å². The van der Waals surface area contributed by atoms with Crippen molar-refractivity contribution < 1.29 is 9.59 Å². The molecule has 5 heteroatoms. The average Bonchev–Trinajstić information content (AvgIpc) is 3.19. The molecule has 2 unspecified atom stereocenters. The molecular formula is C24H31N3O2. The number of nitrogens with zero attached hydrogens (tertiary/aromatic N) is 1. The van der Waals surface area contributed by atoms with Crippen molar-refractivity contribution in [2.45, 2.75) is 32.2 Å². The third-order valence-corrected chi connectivity index (χ3v) is 5.49. The highest BCUT2D eigenvalue weighted by molar-refractivity contribution is 5.79. The molecule has 1 saturated heterocycles. The number of carbonyl (C=O) groups excluding carboxylic acids is 2. The van der Waals surface area contributed by atoms with Gasteiger partial charge in [-0.3, -0.25) is 9.59 Å². The number of hydrogen-bond acceptors (Lipinski definition) is 3. The molecule has 3 rings (SSSR count). The second-order valence-electron chi connectivity index (χ2n) is 7.86. The van der Waals surface area contributed by atoms with Crippen LogP contribution in [0.5, 0.6) is 0 Å². The number of carbonyl (C=O) groups is 2. The molecule has 2 aromatic rings. The minimum Gasteiger partial charge on any atom is -0.356 e. The molecular weight excluding hydrogens is 362 g/mol. The Labute approximate surface area is 173 Å². The number of amides is 2. The van der Waals surface area contributed by atoms with Crippen LogP contribution in [0, 0.1) is 5.92 Å². The Balaban J connectivity index is 1.41. The van der Waals surface area contributed by atoms with Crippen LogP contribution in [0.4, 0.5) is 0 Å². The van der Waals surface area contributed by atoms with Crippen molar-refractivity contribution in [1.82, 2.24) is 15.5 Å². The zero-order chi connectivity index (χ0) is 20.5. The van der Waals surface area contributed by atoms with Gasteiger partial charge in [-0.25, -0.2) is 0 Å². The Kier molecular flexibility index (Phi) is 7.82. The zero-order valence-electron chi connectivity index (χ0n) is 17.1. The van der Waals surface area contributed by atoms with Gasteiger partial charge in [0, 0.05) is 26.6 Å². The molecule has 1 aliphatic heterocycles. The average molecular weight is 394 g/mol. The van der Waals surface area contributed by atoms with E-state index in [0.29, 0.717) is 12.5 Å². The lowest BCUT2D eigenvalue weighted by molar-refractivity contribution is -0.122. The summed E-state index contributed by atoms with van der Waals surface area (Å²) in [7, 11) is 0. The summed E-state index contributed by atoms with van der Waals surface area (Å²) in [6.07, 6.45) is 2.44. The van der Waals surface area contributed by atoms with E-state index in [-0.39, 0.29) is 24.3 Å². The van der Waals surface area contributed by atoms with Crippen molar-refractivity contribution in [2.75, 3.05) is 26.2 Å². The third-order valence-electron chi connectivity index (χ3n) is 5.49. The van der Waals surface area contributed by atoms with Gasteiger partial charge in [0.25, 0.3) is 0 Å². The summed E-state index contributed by atoms with van der Waals surface area (Å²) in [5.74, 6) is 0.345. The maximum Gasteiger partial charge on any atom is 0.222 e. The van der Waals surface area contributed by atoms with Gasteiger partial charge in [0.15, 0.2) is 0 Å². The second kappa shape index (κ2) is 10.8. The first-order valence-electron chi connectivity index (χ1n) is 10.4. The Morgan fingerprint density at radius 2 is 1.76 bits per heavy atom. The van der Waals surface area contributed by atoms with Crippen molar-refractivity contribution in [3.63, 3.8) is 0 Å². The lowest BCUT2D eigenvalue weighted by atomic mass is 10.0. The van der Waals surface area contributed by atoms with Gasteiger partial charge in [-0.15, -0.1) is 0 Å². The van der Waals surface area contributed by atoms with Crippen LogP contribution in [0.1, 0.15) is 36.9 Å². The first-order chi connectivity index (χ1) is 14.1. The lowest BCUT2D eigenvalue weighted by Gasteiger charge is -2.19. The molecule has 2 amide bonds. The first-order valence-corrected chi connectivity index (χ1v) is 10.4. The summed E-state index contributed by atoms with van der Waals surface area (Å²) < 4.78 is 0. The van der Waals surface area contributed by atoms with Gasteiger partial charge in [0.2, 0.25) is 11.8 Å². The molecule has 29 heavy (non-hydrogen) atoms. The minimum atomic E-state index is -0.292. The second-order valence-corrected chi connectivity index (χ2v) is 7.86. The molecule has 0 spiro atoms. The van der Waals surface area contributed by atoms with E-state index in [1.165, 1.54) is 12.5 Å². The third kappa shape index (κ3) is 7.02. The zero-order valence-corrected chi connectivity index (χ0v) is 17.1.